The minimum absolute atomic E-state index is 0. The van der Waals surface area contributed by atoms with Gasteiger partial charge < -0.3 is 9.32 Å². The Labute approximate surface area is 249 Å². The molecule has 0 aromatic heterocycles. The molecule has 224 valence electrons. The summed E-state index contributed by atoms with van der Waals surface area (Å²) < 4.78 is 6.16. The first-order chi connectivity index (χ1) is 18.6. The van der Waals surface area contributed by atoms with Crippen LogP contribution in [0.25, 0.3) is 22.6 Å². The highest BCUT2D eigenvalue weighted by Gasteiger charge is 2.28. The van der Waals surface area contributed by atoms with Crippen molar-refractivity contribution in [2.75, 3.05) is 18.0 Å². The van der Waals surface area contributed by atoms with Crippen LogP contribution in [0.3, 0.4) is 0 Å². The topological polar surface area (TPSA) is 46.3 Å². The average molecular weight is 559 g/mol. The number of benzene rings is 3. The lowest BCUT2D eigenvalue weighted by Crippen LogP contribution is -2.27. The smallest absolute Gasteiger partial charge is 0.189 e. The molecule has 41 heavy (non-hydrogen) atoms. The maximum Gasteiger partial charge on any atom is 0.189 e. The number of rotatable bonds is 5. The van der Waals surface area contributed by atoms with E-state index >= 15 is 0 Å². The van der Waals surface area contributed by atoms with Crippen LogP contribution in [-0.4, -0.2) is 18.1 Å². The maximum atomic E-state index is 12.9. The molecule has 1 heterocycles. The van der Waals surface area contributed by atoms with Crippen molar-refractivity contribution in [3.63, 3.8) is 0 Å². The van der Waals surface area contributed by atoms with E-state index in [1.807, 2.05) is 33.8 Å². The fraction of sp³-hybridized carbons (Fsp3) is 0.514. The zero-order valence-corrected chi connectivity index (χ0v) is 27.0. The molecule has 0 amide bonds. The van der Waals surface area contributed by atoms with Gasteiger partial charge in [-0.15, -0.1) is 0 Å². The summed E-state index contributed by atoms with van der Waals surface area (Å²) in [4.78, 5) is 20.2. The van der Waals surface area contributed by atoms with Gasteiger partial charge in [0.15, 0.2) is 16.8 Å². The Balaban J connectivity index is 0.000000294. The van der Waals surface area contributed by atoms with Crippen LogP contribution in [-0.2, 0) is 10.8 Å². The lowest BCUT2D eigenvalue weighted by Gasteiger charge is -2.25. The zero-order chi connectivity index (χ0) is 30.0. The molecule has 0 N–H and O–H groups in total. The van der Waals surface area contributed by atoms with Gasteiger partial charge in [-0.25, -0.2) is 4.98 Å². The first-order valence-electron chi connectivity index (χ1n) is 14.8. The third-order valence-electron chi connectivity index (χ3n) is 7.65. The van der Waals surface area contributed by atoms with Gasteiger partial charge >= 0.3 is 0 Å². The molecule has 4 heteroatoms. The van der Waals surface area contributed by atoms with Crippen LogP contribution in [0.5, 0.6) is 0 Å². The fourth-order valence-electron chi connectivity index (χ4n) is 5.42. The van der Waals surface area contributed by atoms with Crippen LogP contribution >= 0.6 is 0 Å². The zero-order valence-electron chi connectivity index (χ0n) is 27.0. The lowest BCUT2D eigenvalue weighted by molar-refractivity contribution is 0.570. The Bertz CT molecular complexity index is 1480. The highest BCUT2D eigenvalue weighted by atomic mass is 16.3. The van der Waals surface area contributed by atoms with E-state index in [1.165, 1.54) is 24.1 Å². The molecule has 0 radical (unpaired) electrons. The predicted molar refractivity (Wildman–Crippen MR) is 179 cm³/mol. The van der Waals surface area contributed by atoms with Crippen LogP contribution in [0.2, 0.25) is 0 Å². The summed E-state index contributed by atoms with van der Waals surface area (Å²) in [5.74, 6) is 0.613. The average Bonchev–Trinajstić information content (AvgIpc) is 2.88. The minimum Gasteiger partial charge on any atom is -0.452 e. The second kappa shape index (κ2) is 13.2. The van der Waals surface area contributed by atoms with E-state index in [-0.39, 0.29) is 23.7 Å². The molecule has 2 aromatic rings. The molecule has 1 aliphatic carbocycles. The van der Waals surface area contributed by atoms with Crippen molar-refractivity contribution < 1.29 is 4.42 Å². The molecule has 0 unspecified atom stereocenters. The number of aromatic nitrogens is 1. The van der Waals surface area contributed by atoms with Gasteiger partial charge in [0, 0.05) is 29.9 Å². The van der Waals surface area contributed by atoms with E-state index in [1.54, 1.807) is 0 Å². The van der Waals surface area contributed by atoms with Crippen molar-refractivity contribution in [2.45, 2.75) is 114 Å². The van der Waals surface area contributed by atoms with Crippen LogP contribution < -0.4 is 10.3 Å². The summed E-state index contributed by atoms with van der Waals surface area (Å²) in [6, 6.07) is 13.2. The van der Waals surface area contributed by atoms with Crippen molar-refractivity contribution in [1.82, 2.24) is 4.98 Å². The third-order valence-corrected chi connectivity index (χ3v) is 7.65. The second-order valence-corrected chi connectivity index (χ2v) is 13.3. The Morgan fingerprint density at radius 1 is 0.756 bits per heavy atom. The van der Waals surface area contributed by atoms with Gasteiger partial charge in [-0.3, -0.25) is 4.79 Å². The van der Waals surface area contributed by atoms with Gasteiger partial charge in [0.05, 0.1) is 0 Å². The maximum absolute atomic E-state index is 12.9. The SMILES string of the molecule is C.CCCN(CCC)c1ccc(C(C)(C)C)cc1.Cc1c2nc3c(C)ccc(C)c3oc-2c(C)c(=O)c1C(C)(C)C. The standard InChI is InChI=1S/C20H23NO2.C16H27N.CH4/c1-10-8-9-11(2)18-15(10)21-16-12(3)14(20(5,6)7)17(22)13(4)19(16)23-18;1-6-12-17(13-7-2)15-10-8-14(9-11-15)16(3,4)5;/h8-9H,1-7H3;8-11H,6-7,12-13H2,1-5H3;1H4. The molecular formula is C37H54N2O2. The number of aryl methyl sites for hydroxylation is 2. The summed E-state index contributed by atoms with van der Waals surface area (Å²) in [6.07, 6.45) is 2.42. The van der Waals surface area contributed by atoms with Crippen molar-refractivity contribution in [2.24, 2.45) is 0 Å². The summed E-state index contributed by atoms with van der Waals surface area (Å²) in [6.45, 7) is 27.6. The largest absolute Gasteiger partial charge is 0.452 e. The predicted octanol–water partition coefficient (Wildman–Crippen LogP) is 10.1. The monoisotopic (exact) mass is 558 g/mol. The van der Waals surface area contributed by atoms with E-state index in [4.69, 9.17) is 9.40 Å². The number of anilines is 1. The summed E-state index contributed by atoms with van der Waals surface area (Å²) >= 11 is 0. The first kappa shape index (κ1) is 34.1. The minimum atomic E-state index is -0.224. The van der Waals surface area contributed by atoms with E-state index in [9.17, 15) is 4.79 Å². The van der Waals surface area contributed by atoms with Gasteiger partial charge in [0.25, 0.3) is 0 Å². The van der Waals surface area contributed by atoms with E-state index in [0.29, 0.717) is 11.3 Å². The van der Waals surface area contributed by atoms with Crippen LogP contribution in [0, 0.1) is 27.7 Å². The van der Waals surface area contributed by atoms with Crippen molar-refractivity contribution in [1.29, 1.82) is 0 Å². The third kappa shape index (κ3) is 7.39. The second-order valence-electron chi connectivity index (χ2n) is 13.3. The van der Waals surface area contributed by atoms with Gasteiger partial charge in [0.1, 0.15) is 11.2 Å². The number of fused-ring (bicyclic) bond motifs is 2. The molecule has 0 bridgehead atoms. The van der Waals surface area contributed by atoms with Gasteiger partial charge in [-0.05, 0) is 85.8 Å². The molecular weight excluding hydrogens is 504 g/mol. The molecule has 4 rings (SSSR count). The normalized spacial score (nSPS) is 11.7. The number of nitrogens with zero attached hydrogens (tertiary/aromatic N) is 2. The highest BCUT2D eigenvalue weighted by Crippen LogP contribution is 2.36. The molecule has 0 saturated carbocycles. The van der Waals surface area contributed by atoms with Gasteiger partial charge in [-0.2, -0.15) is 0 Å². The Hall–Kier alpha value is -3.14. The Kier molecular flexibility index (Phi) is 11.0. The summed E-state index contributed by atoms with van der Waals surface area (Å²) in [5, 5.41) is 0. The van der Waals surface area contributed by atoms with E-state index in [2.05, 4.69) is 90.6 Å². The molecule has 0 saturated heterocycles. The van der Waals surface area contributed by atoms with Crippen molar-refractivity contribution >= 4 is 16.8 Å². The molecule has 0 spiro atoms. The van der Waals surface area contributed by atoms with Crippen LogP contribution in [0.4, 0.5) is 5.69 Å². The lowest BCUT2D eigenvalue weighted by atomic mass is 9.81. The summed E-state index contributed by atoms with van der Waals surface area (Å²) in [5.41, 5.74) is 9.82. The number of hydrogen-bond donors (Lipinski definition) is 0. The molecule has 4 nitrogen and oxygen atoms in total. The van der Waals surface area contributed by atoms with E-state index in [0.717, 1.165) is 52.1 Å². The first-order valence-corrected chi connectivity index (χ1v) is 14.8. The summed E-state index contributed by atoms with van der Waals surface area (Å²) in [7, 11) is 0. The van der Waals surface area contributed by atoms with Crippen LogP contribution in [0.15, 0.2) is 45.6 Å². The van der Waals surface area contributed by atoms with Crippen molar-refractivity contribution in [3.05, 3.63) is 80.0 Å². The molecule has 2 aromatic carbocycles. The molecule has 0 fully saturated rings. The molecule has 2 aliphatic rings. The van der Waals surface area contributed by atoms with Gasteiger partial charge in [-0.1, -0.05) is 87.1 Å². The highest BCUT2D eigenvalue weighted by molar-refractivity contribution is 5.83. The Morgan fingerprint density at radius 2 is 1.29 bits per heavy atom. The number of hydrogen-bond acceptors (Lipinski definition) is 4. The quantitative estimate of drug-likeness (QED) is 0.229. The van der Waals surface area contributed by atoms with Crippen molar-refractivity contribution in [3.8, 4) is 11.5 Å². The molecule has 1 aliphatic heterocycles. The Morgan fingerprint density at radius 3 is 1.78 bits per heavy atom. The fourth-order valence-corrected chi connectivity index (χ4v) is 5.42. The van der Waals surface area contributed by atoms with Crippen LogP contribution in [0.1, 0.15) is 109 Å². The van der Waals surface area contributed by atoms with Gasteiger partial charge in [0.2, 0.25) is 0 Å². The molecule has 0 atom stereocenters. The van der Waals surface area contributed by atoms with E-state index < -0.39 is 0 Å².